The molecule has 4 aliphatic rings. The Morgan fingerprint density at radius 2 is 1.94 bits per heavy atom. The van der Waals surface area contributed by atoms with Crippen LogP contribution in [0.25, 0.3) is 0 Å². The lowest BCUT2D eigenvalue weighted by Gasteiger charge is -2.38. The first-order valence-corrected chi connectivity index (χ1v) is 14.3. The van der Waals surface area contributed by atoms with Crippen LogP contribution < -0.4 is 20.3 Å². The quantitative estimate of drug-likeness (QED) is 0.489. The van der Waals surface area contributed by atoms with E-state index in [1.54, 1.807) is 24.3 Å². The Hall–Kier alpha value is -2.92. The van der Waals surface area contributed by atoms with Crippen LogP contribution in [0.3, 0.4) is 0 Å². The fourth-order valence-electron chi connectivity index (χ4n) is 5.69. The number of carbonyl (C=O) groups is 1. The molecule has 0 unspecified atom stereocenters. The van der Waals surface area contributed by atoms with Crippen LogP contribution in [0.1, 0.15) is 54.6 Å². The zero-order valence-corrected chi connectivity index (χ0v) is 21.4. The number of carbonyl (C=O) groups excluding carboxylic acids is 1. The average molecular weight is 515 g/mol. The van der Waals surface area contributed by atoms with Crippen molar-refractivity contribution in [1.29, 1.82) is 0 Å². The summed E-state index contributed by atoms with van der Waals surface area (Å²) in [6.07, 6.45) is 6.90. The van der Waals surface area contributed by atoms with E-state index in [0.29, 0.717) is 40.0 Å². The van der Waals surface area contributed by atoms with Crippen molar-refractivity contribution < 1.29 is 18.3 Å². The number of hydrogen-bond acceptors (Lipinski definition) is 8. The van der Waals surface area contributed by atoms with E-state index in [4.69, 9.17) is 5.11 Å². The number of aromatic nitrogens is 2. The number of anilines is 4. The number of aryl methyl sites for hydroxylation is 1. The molecule has 36 heavy (non-hydrogen) atoms. The molecule has 4 N–H and O–H groups in total. The number of sulfonamides is 1. The first kappa shape index (κ1) is 24.8. The Balaban J connectivity index is 1.50. The minimum absolute atomic E-state index is 0.313. The summed E-state index contributed by atoms with van der Waals surface area (Å²) in [5, 5.41) is 15.3. The molecule has 1 aromatic carbocycles. The number of fused-ring (bicyclic) bond motifs is 6. The molecule has 1 aliphatic carbocycles. The van der Waals surface area contributed by atoms with E-state index in [1.807, 2.05) is 6.92 Å². The summed E-state index contributed by atoms with van der Waals surface area (Å²) in [7, 11) is -3.69. The number of nitrogens with one attached hydrogen (secondary N) is 3. The molecule has 4 heterocycles. The molecule has 1 saturated carbocycles. The number of nitrogens with zero attached hydrogens (tertiary/aromatic N) is 3. The third-order valence-electron chi connectivity index (χ3n) is 7.70. The Morgan fingerprint density at radius 1 is 1.17 bits per heavy atom. The Labute approximate surface area is 212 Å². The lowest BCUT2D eigenvalue weighted by Crippen LogP contribution is -2.38. The highest BCUT2D eigenvalue weighted by molar-refractivity contribution is 7.92. The van der Waals surface area contributed by atoms with Crippen molar-refractivity contribution >= 4 is 39.1 Å². The molecule has 3 aliphatic heterocycles. The van der Waals surface area contributed by atoms with E-state index in [2.05, 4.69) is 30.2 Å². The van der Waals surface area contributed by atoms with Gasteiger partial charge in [0.1, 0.15) is 5.82 Å². The van der Waals surface area contributed by atoms with Crippen LogP contribution in [0.5, 0.6) is 0 Å². The molecule has 1 aromatic heterocycles. The van der Waals surface area contributed by atoms with Crippen LogP contribution in [0.15, 0.2) is 24.3 Å². The summed E-state index contributed by atoms with van der Waals surface area (Å²) >= 11 is 0. The summed E-state index contributed by atoms with van der Waals surface area (Å²) in [6, 6.07) is 6.68. The van der Waals surface area contributed by atoms with Gasteiger partial charge < -0.3 is 20.6 Å². The molecule has 2 fully saturated rings. The number of aliphatic hydroxyl groups is 1. The number of amides is 1. The van der Waals surface area contributed by atoms with Crippen molar-refractivity contribution in [2.75, 3.05) is 52.2 Å². The maximum atomic E-state index is 13.4. The molecular weight excluding hydrogens is 480 g/mol. The standard InChI is InChI=1S/C25H34N6O4S/c1-17-15-22-28-23(33)20-4-3-19(30-36(34,35)14-13-32)16-21(20)31-11-5-18(6-12-31)25(8-9-25)7-2-10-26-24(27-17)29-22/h3-4,15-16,18,30,32H,2,5-14H2,1H3,(H2,26,27,28,29,33). The van der Waals surface area contributed by atoms with E-state index in [-0.39, 0.29) is 11.7 Å². The van der Waals surface area contributed by atoms with Gasteiger partial charge in [-0.3, -0.25) is 9.52 Å². The van der Waals surface area contributed by atoms with Gasteiger partial charge in [0.15, 0.2) is 0 Å². The minimum atomic E-state index is -3.69. The van der Waals surface area contributed by atoms with Gasteiger partial charge in [0, 0.05) is 31.4 Å². The fourth-order valence-corrected chi connectivity index (χ4v) is 6.52. The van der Waals surface area contributed by atoms with Gasteiger partial charge in [0.05, 0.1) is 29.3 Å². The van der Waals surface area contributed by atoms with Crippen molar-refractivity contribution in [1.82, 2.24) is 9.97 Å². The van der Waals surface area contributed by atoms with E-state index in [9.17, 15) is 13.2 Å². The van der Waals surface area contributed by atoms with Crippen molar-refractivity contribution in [2.45, 2.75) is 45.4 Å². The fraction of sp³-hybridized carbons (Fsp3) is 0.560. The number of hydrogen-bond donors (Lipinski definition) is 4. The van der Waals surface area contributed by atoms with Gasteiger partial charge in [-0.1, -0.05) is 0 Å². The highest BCUT2D eigenvalue weighted by Gasteiger charge is 2.48. The molecule has 0 radical (unpaired) electrons. The molecule has 1 spiro atoms. The maximum absolute atomic E-state index is 13.4. The van der Waals surface area contributed by atoms with Crippen LogP contribution in [0.4, 0.5) is 23.1 Å². The highest BCUT2D eigenvalue weighted by atomic mass is 32.2. The van der Waals surface area contributed by atoms with Crippen molar-refractivity contribution in [2.24, 2.45) is 11.3 Å². The molecular formula is C25H34N6O4S. The molecule has 11 heteroatoms. The molecule has 194 valence electrons. The second kappa shape index (κ2) is 9.85. The lowest BCUT2D eigenvalue weighted by molar-refractivity contribution is 0.102. The van der Waals surface area contributed by atoms with E-state index < -0.39 is 16.6 Å². The summed E-state index contributed by atoms with van der Waals surface area (Å²) in [5.74, 6) is 0.875. The zero-order chi connectivity index (χ0) is 25.3. The number of rotatable bonds is 4. The predicted molar refractivity (Wildman–Crippen MR) is 140 cm³/mol. The molecule has 10 nitrogen and oxygen atoms in total. The number of piperidine rings is 1. The largest absolute Gasteiger partial charge is 0.395 e. The van der Waals surface area contributed by atoms with Crippen molar-refractivity contribution in [3.63, 3.8) is 0 Å². The number of benzene rings is 1. The Morgan fingerprint density at radius 3 is 2.67 bits per heavy atom. The van der Waals surface area contributed by atoms with Gasteiger partial charge in [-0.05, 0) is 75.0 Å². The van der Waals surface area contributed by atoms with Crippen LogP contribution in [0.2, 0.25) is 0 Å². The van der Waals surface area contributed by atoms with Crippen LogP contribution in [0, 0.1) is 18.3 Å². The Kier molecular flexibility index (Phi) is 6.78. The van der Waals surface area contributed by atoms with Crippen LogP contribution in [-0.4, -0.2) is 61.4 Å². The maximum Gasteiger partial charge on any atom is 0.258 e. The molecule has 6 rings (SSSR count). The highest BCUT2D eigenvalue weighted by Crippen LogP contribution is 2.58. The van der Waals surface area contributed by atoms with E-state index >= 15 is 0 Å². The van der Waals surface area contributed by atoms with Crippen molar-refractivity contribution in [3.05, 3.63) is 35.5 Å². The predicted octanol–water partition coefficient (Wildman–Crippen LogP) is 2.97. The summed E-state index contributed by atoms with van der Waals surface area (Å²) in [5.41, 5.74) is 2.69. The summed E-state index contributed by atoms with van der Waals surface area (Å²) in [6.45, 7) is 3.83. The number of aliphatic hydroxyl groups excluding tert-OH is 1. The Bertz CT molecular complexity index is 1240. The normalized spacial score (nSPS) is 19.9. The SMILES string of the molecule is Cc1cc2nc(n1)NCCCC1(CC1)C1CCN(CC1)c1cc(NS(=O)(=O)CCO)ccc1C(=O)N2. The molecule has 4 bridgehead atoms. The van der Waals surface area contributed by atoms with Crippen LogP contribution >= 0.6 is 0 Å². The van der Waals surface area contributed by atoms with Gasteiger partial charge in [-0.25, -0.2) is 13.4 Å². The first-order chi connectivity index (χ1) is 17.3. The van der Waals surface area contributed by atoms with E-state index in [1.165, 1.54) is 19.3 Å². The molecule has 1 amide bonds. The zero-order valence-electron chi connectivity index (χ0n) is 20.6. The molecule has 0 atom stereocenters. The summed E-state index contributed by atoms with van der Waals surface area (Å²) < 4.78 is 27.0. The van der Waals surface area contributed by atoms with Gasteiger partial charge in [-0.2, -0.15) is 4.98 Å². The average Bonchev–Trinajstić information content (AvgIpc) is 3.62. The first-order valence-electron chi connectivity index (χ1n) is 12.7. The van der Waals surface area contributed by atoms with Gasteiger partial charge in [-0.15, -0.1) is 0 Å². The van der Waals surface area contributed by atoms with Gasteiger partial charge >= 0.3 is 0 Å². The third-order valence-corrected chi connectivity index (χ3v) is 8.97. The van der Waals surface area contributed by atoms with Gasteiger partial charge in [0.25, 0.3) is 5.91 Å². The minimum Gasteiger partial charge on any atom is -0.395 e. The van der Waals surface area contributed by atoms with Crippen molar-refractivity contribution in [3.8, 4) is 0 Å². The second-order valence-corrected chi connectivity index (χ2v) is 12.0. The topological polar surface area (TPSA) is 137 Å². The van der Waals surface area contributed by atoms with E-state index in [0.717, 1.165) is 44.6 Å². The van der Waals surface area contributed by atoms with Gasteiger partial charge in [0.2, 0.25) is 16.0 Å². The molecule has 2 aromatic rings. The lowest BCUT2D eigenvalue weighted by atomic mass is 9.78. The third kappa shape index (κ3) is 5.41. The second-order valence-electron chi connectivity index (χ2n) is 10.2. The smallest absolute Gasteiger partial charge is 0.258 e. The monoisotopic (exact) mass is 514 g/mol. The molecule has 1 saturated heterocycles. The van der Waals surface area contributed by atoms with Crippen LogP contribution in [-0.2, 0) is 10.0 Å². The summed E-state index contributed by atoms with van der Waals surface area (Å²) in [4.78, 5) is 24.6.